The lowest BCUT2D eigenvalue weighted by Gasteiger charge is -2.63. The van der Waals surface area contributed by atoms with E-state index in [1.807, 2.05) is 6.92 Å². The van der Waals surface area contributed by atoms with Gasteiger partial charge in [0.05, 0.1) is 6.61 Å². The number of Topliss-reactive ketones (excluding diaryl/α,β-unsaturated/α-hetero) is 1. The Morgan fingerprint density at radius 1 is 1.00 bits per heavy atom. The molecule has 0 amide bonds. The van der Waals surface area contributed by atoms with Crippen molar-refractivity contribution in [2.75, 3.05) is 18.1 Å². The molecule has 0 N–H and O–H groups in total. The Kier molecular flexibility index (Phi) is 7.10. The van der Waals surface area contributed by atoms with Crippen LogP contribution in [0, 0.1) is 39.9 Å². The first kappa shape index (κ1) is 28.4. The molecule has 5 fully saturated rings. The number of hydrogen-bond donors (Lipinski definition) is 0. The van der Waals surface area contributed by atoms with Gasteiger partial charge >= 0.3 is 23.9 Å². The van der Waals surface area contributed by atoms with Crippen molar-refractivity contribution in [3.05, 3.63) is 0 Å². The molecule has 2 bridgehead atoms. The Labute approximate surface area is 232 Å². The van der Waals surface area contributed by atoms with Gasteiger partial charge < -0.3 is 23.7 Å². The summed E-state index contributed by atoms with van der Waals surface area (Å²) in [5.74, 6) is -3.90. The van der Waals surface area contributed by atoms with E-state index in [0.29, 0.717) is 18.6 Å². The minimum Gasteiger partial charge on any atom is -0.462 e. The summed E-state index contributed by atoms with van der Waals surface area (Å²) in [6.07, 6.45) is -2.01. The number of carbonyl (C=O) groups excluding carboxylic acids is 5. The molecule has 216 valence electrons. The molecule has 0 unspecified atom stereocenters. The molecule has 2 saturated heterocycles. The fourth-order valence-electron chi connectivity index (χ4n) is 8.88. The van der Waals surface area contributed by atoms with E-state index in [1.54, 1.807) is 11.8 Å². The molecule has 2 spiro atoms. The van der Waals surface area contributed by atoms with Crippen LogP contribution in [0.5, 0.6) is 0 Å². The number of esters is 4. The number of hydrogen-bond acceptors (Lipinski definition) is 11. The van der Waals surface area contributed by atoms with Crippen LogP contribution >= 0.6 is 11.8 Å². The van der Waals surface area contributed by atoms with Crippen LogP contribution in [0.15, 0.2) is 0 Å². The molecule has 11 heteroatoms. The zero-order chi connectivity index (χ0) is 28.5. The van der Waals surface area contributed by atoms with E-state index < -0.39 is 88.4 Å². The predicted octanol–water partition coefficient (Wildman–Crippen LogP) is 2.69. The molecule has 0 radical (unpaired) electrons. The minimum absolute atomic E-state index is 0.0420. The van der Waals surface area contributed by atoms with Gasteiger partial charge in [0.15, 0.2) is 11.2 Å². The smallest absolute Gasteiger partial charge is 0.324 e. The van der Waals surface area contributed by atoms with Gasteiger partial charge in [-0.3, -0.25) is 24.0 Å². The van der Waals surface area contributed by atoms with Crippen molar-refractivity contribution in [1.29, 1.82) is 0 Å². The molecule has 0 aromatic carbocycles. The van der Waals surface area contributed by atoms with Crippen LogP contribution in [0.2, 0.25) is 0 Å². The third-order valence-corrected chi connectivity index (χ3v) is 10.9. The summed E-state index contributed by atoms with van der Waals surface area (Å²) in [7, 11) is 0. The van der Waals surface area contributed by atoms with Crippen molar-refractivity contribution in [2.45, 2.75) is 85.4 Å². The van der Waals surface area contributed by atoms with E-state index in [0.717, 1.165) is 5.75 Å². The number of ketones is 1. The van der Waals surface area contributed by atoms with E-state index in [9.17, 15) is 24.0 Å². The summed E-state index contributed by atoms with van der Waals surface area (Å²) in [5, 5.41) is 0. The number of fused-ring (bicyclic) bond motifs is 1. The van der Waals surface area contributed by atoms with Gasteiger partial charge in [-0.25, -0.2) is 0 Å². The molecule has 39 heavy (non-hydrogen) atoms. The van der Waals surface area contributed by atoms with Gasteiger partial charge in [-0.2, -0.15) is 11.8 Å². The Morgan fingerprint density at radius 2 is 1.67 bits per heavy atom. The molecular formula is C28H38O10S. The Bertz CT molecular complexity index is 1090. The topological polar surface area (TPSA) is 132 Å². The number of carbonyl (C=O) groups is 5. The summed E-state index contributed by atoms with van der Waals surface area (Å²) in [6.45, 7) is 10.0. The van der Waals surface area contributed by atoms with Crippen LogP contribution in [-0.4, -0.2) is 72.4 Å². The van der Waals surface area contributed by atoms with Crippen molar-refractivity contribution in [2.24, 2.45) is 39.9 Å². The highest BCUT2D eigenvalue weighted by Gasteiger charge is 2.84. The second kappa shape index (κ2) is 9.75. The van der Waals surface area contributed by atoms with E-state index in [4.69, 9.17) is 23.7 Å². The van der Waals surface area contributed by atoms with Gasteiger partial charge in [0.2, 0.25) is 6.29 Å². The van der Waals surface area contributed by atoms with Gasteiger partial charge in [0, 0.05) is 55.6 Å². The summed E-state index contributed by atoms with van der Waals surface area (Å²) in [5.41, 5.74) is -3.31. The third-order valence-electron chi connectivity index (χ3n) is 9.87. The maximum atomic E-state index is 14.6. The van der Waals surface area contributed by atoms with Crippen molar-refractivity contribution in [3.8, 4) is 0 Å². The average molecular weight is 567 g/mol. The van der Waals surface area contributed by atoms with Crippen LogP contribution in [0.1, 0.15) is 60.8 Å². The van der Waals surface area contributed by atoms with Gasteiger partial charge in [-0.1, -0.05) is 20.8 Å². The fourth-order valence-corrected chi connectivity index (χ4v) is 9.77. The van der Waals surface area contributed by atoms with Gasteiger partial charge in [0.25, 0.3) is 0 Å². The SMILES string of the molecule is CCSC[C@H]1C(=O)[C@@]23C(=O)O[C@H]4CCC(C)(C)[C@H]5[C@H](OC(C)=O)OC[C@@]45[C@@H]2[C@H](OC(C)=O)C[C@@H]1[C@H]3OC(C)=O. The molecule has 5 rings (SSSR count). The second-order valence-corrected chi connectivity index (χ2v) is 13.7. The van der Waals surface area contributed by atoms with E-state index in [2.05, 4.69) is 13.8 Å². The van der Waals surface area contributed by atoms with Crippen molar-refractivity contribution >= 4 is 41.4 Å². The van der Waals surface area contributed by atoms with Gasteiger partial charge in [0.1, 0.15) is 18.3 Å². The predicted molar refractivity (Wildman–Crippen MR) is 137 cm³/mol. The summed E-state index contributed by atoms with van der Waals surface area (Å²) < 4.78 is 29.9. The Balaban J connectivity index is 1.75. The quantitative estimate of drug-likeness (QED) is 0.267. The normalized spacial score (nSPS) is 43.4. The lowest BCUT2D eigenvalue weighted by molar-refractivity contribution is -0.271. The highest BCUT2D eigenvalue weighted by Crippen LogP contribution is 2.72. The molecule has 0 aromatic rings. The van der Waals surface area contributed by atoms with Crippen LogP contribution in [-0.2, 0) is 47.7 Å². The minimum atomic E-state index is -1.86. The second-order valence-electron chi connectivity index (χ2n) is 12.4. The first-order chi connectivity index (χ1) is 18.3. The molecule has 3 saturated carbocycles. The van der Waals surface area contributed by atoms with Gasteiger partial charge in [-0.05, 0) is 30.4 Å². The van der Waals surface area contributed by atoms with Crippen LogP contribution in [0.4, 0.5) is 0 Å². The Hall–Kier alpha value is -2.14. The summed E-state index contributed by atoms with van der Waals surface area (Å²) >= 11 is 1.58. The summed E-state index contributed by atoms with van der Waals surface area (Å²) in [6, 6.07) is 0. The molecule has 3 aliphatic carbocycles. The van der Waals surface area contributed by atoms with E-state index >= 15 is 0 Å². The standard InChI is InChI=1S/C28H38O10S/c1-7-39-11-17-16-10-18(35-13(2)29)20-27-12-34-24(37-15(4)31)21(27)26(5,6)9-8-19(27)38-25(33)28(20,22(17)32)23(16)36-14(3)30/h16-21,23-24H,7-12H2,1-6H3/t16-,17+,18+,19-,20-,21+,23+,24-,27-,28-/m0/s1. The van der Waals surface area contributed by atoms with Crippen molar-refractivity contribution in [3.63, 3.8) is 0 Å². The molecule has 10 atom stereocenters. The molecule has 5 aliphatic rings. The van der Waals surface area contributed by atoms with Gasteiger partial charge in [-0.15, -0.1) is 0 Å². The summed E-state index contributed by atoms with van der Waals surface area (Å²) in [4.78, 5) is 65.8. The van der Waals surface area contributed by atoms with E-state index in [-0.39, 0.29) is 18.8 Å². The van der Waals surface area contributed by atoms with Crippen molar-refractivity contribution in [1.82, 2.24) is 0 Å². The van der Waals surface area contributed by atoms with Crippen LogP contribution < -0.4 is 0 Å². The number of thioether (sulfide) groups is 1. The zero-order valence-corrected chi connectivity index (χ0v) is 24.2. The molecule has 2 heterocycles. The maximum absolute atomic E-state index is 14.6. The molecule has 10 nitrogen and oxygen atoms in total. The average Bonchev–Trinajstić information content (AvgIpc) is 3.26. The molecule has 2 aliphatic heterocycles. The molecule has 0 aromatic heterocycles. The lowest BCUT2D eigenvalue weighted by atomic mass is 9.43. The monoisotopic (exact) mass is 566 g/mol. The Morgan fingerprint density at radius 3 is 2.28 bits per heavy atom. The largest absolute Gasteiger partial charge is 0.462 e. The fraction of sp³-hybridized carbons (Fsp3) is 0.821. The maximum Gasteiger partial charge on any atom is 0.324 e. The lowest BCUT2D eigenvalue weighted by Crippen LogP contribution is -2.74. The number of ether oxygens (including phenoxy) is 5. The number of rotatable bonds is 6. The highest BCUT2D eigenvalue weighted by molar-refractivity contribution is 7.99. The van der Waals surface area contributed by atoms with Crippen LogP contribution in [0.25, 0.3) is 0 Å². The first-order valence-electron chi connectivity index (χ1n) is 13.8. The van der Waals surface area contributed by atoms with Crippen molar-refractivity contribution < 1.29 is 47.7 Å². The zero-order valence-electron chi connectivity index (χ0n) is 23.4. The molecular weight excluding hydrogens is 528 g/mol. The highest BCUT2D eigenvalue weighted by atomic mass is 32.2. The van der Waals surface area contributed by atoms with Crippen LogP contribution in [0.3, 0.4) is 0 Å². The first-order valence-corrected chi connectivity index (χ1v) is 14.9. The third kappa shape index (κ3) is 3.96. The van der Waals surface area contributed by atoms with E-state index in [1.165, 1.54) is 20.8 Å².